The number of hydrogen-bond acceptors (Lipinski definition) is 3. The Kier molecular flexibility index (Phi) is 7.46. The van der Waals surface area contributed by atoms with E-state index in [1.54, 1.807) is 12.1 Å². The molecule has 1 atom stereocenters. The third-order valence-corrected chi connectivity index (χ3v) is 3.07. The van der Waals surface area contributed by atoms with E-state index in [2.05, 4.69) is 5.32 Å². The van der Waals surface area contributed by atoms with Crippen LogP contribution in [-0.2, 0) is 14.3 Å². The van der Waals surface area contributed by atoms with E-state index in [9.17, 15) is 9.59 Å². The number of carboxylic acid groups (broad SMARTS) is 1. The molecule has 21 heavy (non-hydrogen) atoms. The van der Waals surface area contributed by atoms with Crippen molar-refractivity contribution in [1.29, 1.82) is 0 Å². The molecule has 5 heteroatoms. The van der Waals surface area contributed by atoms with Crippen molar-refractivity contribution in [2.24, 2.45) is 0 Å². The molecule has 0 aliphatic rings. The van der Waals surface area contributed by atoms with E-state index in [0.717, 1.165) is 12.0 Å². The minimum Gasteiger partial charge on any atom is -0.481 e. The number of aliphatic carboxylic acids is 1. The summed E-state index contributed by atoms with van der Waals surface area (Å²) >= 11 is 0. The van der Waals surface area contributed by atoms with Gasteiger partial charge in [-0.1, -0.05) is 26.0 Å². The van der Waals surface area contributed by atoms with Gasteiger partial charge in [0.2, 0.25) is 5.91 Å². The molecule has 0 spiro atoms. The summed E-state index contributed by atoms with van der Waals surface area (Å²) in [5.41, 5.74) is 1.66. The van der Waals surface area contributed by atoms with Crippen molar-refractivity contribution in [1.82, 2.24) is 0 Å². The molecular formula is C16H23NO4. The normalized spacial score (nSPS) is 11.9. The van der Waals surface area contributed by atoms with Gasteiger partial charge in [-0.3, -0.25) is 9.59 Å². The van der Waals surface area contributed by atoms with E-state index in [1.807, 2.05) is 26.0 Å². The maximum absolute atomic E-state index is 11.7. The van der Waals surface area contributed by atoms with Crippen LogP contribution in [0.15, 0.2) is 24.3 Å². The maximum atomic E-state index is 11.7. The number of hydrogen-bond donors (Lipinski definition) is 2. The van der Waals surface area contributed by atoms with Crippen molar-refractivity contribution in [3.05, 3.63) is 29.8 Å². The molecule has 116 valence electrons. The van der Waals surface area contributed by atoms with Crippen molar-refractivity contribution < 1.29 is 19.4 Å². The van der Waals surface area contributed by atoms with Gasteiger partial charge in [0.05, 0.1) is 19.4 Å². The Hall–Kier alpha value is -1.88. The smallest absolute Gasteiger partial charge is 0.303 e. The third kappa shape index (κ3) is 6.90. The van der Waals surface area contributed by atoms with Gasteiger partial charge >= 0.3 is 5.97 Å². The Bertz CT molecular complexity index is 456. The molecule has 1 aromatic rings. The average molecular weight is 293 g/mol. The Balaban J connectivity index is 2.43. The number of nitrogens with one attached hydrogen (secondary N) is 1. The second-order valence-electron chi connectivity index (χ2n) is 5.03. The summed E-state index contributed by atoms with van der Waals surface area (Å²) in [5, 5.41) is 11.6. The zero-order chi connectivity index (χ0) is 15.7. The largest absolute Gasteiger partial charge is 0.481 e. The number of ether oxygens (including phenoxy) is 1. The molecular weight excluding hydrogens is 270 g/mol. The highest BCUT2D eigenvalue weighted by molar-refractivity contribution is 5.90. The van der Waals surface area contributed by atoms with E-state index < -0.39 is 5.97 Å². The number of carbonyl (C=O) groups is 2. The average Bonchev–Trinajstić information content (AvgIpc) is 2.43. The summed E-state index contributed by atoms with van der Waals surface area (Å²) in [6, 6.07) is 7.27. The van der Waals surface area contributed by atoms with Gasteiger partial charge in [-0.05, 0) is 30.0 Å². The zero-order valence-corrected chi connectivity index (χ0v) is 12.6. The molecule has 0 aromatic heterocycles. The van der Waals surface area contributed by atoms with Gasteiger partial charge in [-0.2, -0.15) is 0 Å². The molecule has 1 unspecified atom stereocenters. The summed E-state index contributed by atoms with van der Waals surface area (Å²) in [7, 11) is 0. The van der Waals surface area contributed by atoms with Crippen LogP contribution in [0.25, 0.3) is 0 Å². The van der Waals surface area contributed by atoms with Crippen molar-refractivity contribution >= 4 is 17.6 Å². The van der Waals surface area contributed by atoms with Crippen LogP contribution in [0.2, 0.25) is 0 Å². The minimum atomic E-state index is -0.813. The van der Waals surface area contributed by atoms with Crippen LogP contribution >= 0.6 is 0 Å². The number of rotatable bonds is 9. The molecule has 0 bridgehead atoms. The molecule has 0 aliphatic carbocycles. The third-order valence-electron chi connectivity index (χ3n) is 3.07. The highest BCUT2D eigenvalue weighted by atomic mass is 16.5. The Morgan fingerprint density at radius 1 is 1.24 bits per heavy atom. The molecule has 1 aromatic carbocycles. The lowest BCUT2D eigenvalue weighted by molar-refractivity contribution is -0.137. The molecule has 0 radical (unpaired) electrons. The first-order chi connectivity index (χ1) is 10.0. The van der Waals surface area contributed by atoms with Gasteiger partial charge in [0, 0.05) is 12.3 Å². The number of anilines is 1. The van der Waals surface area contributed by atoms with Gasteiger partial charge in [0.15, 0.2) is 0 Å². The number of amides is 1. The van der Waals surface area contributed by atoms with Crippen molar-refractivity contribution in [2.45, 2.75) is 39.0 Å². The molecule has 2 N–H and O–H groups in total. The summed E-state index contributed by atoms with van der Waals surface area (Å²) in [4.78, 5) is 22.3. The van der Waals surface area contributed by atoms with Crippen molar-refractivity contribution in [3.8, 4) is 0 Å². The standard InChI is InChI=1S/C16H23NO4/c1-3-9-21-10-8-15(18)17-14-6-4-13(5-7-14)12(2)11-16(19)20/h4-7,12H,3,8-11H2,1-2H3,(H,17,18)(H,19,20). The van der Waals surface area contributed by atoms with Crippen LogP contribution in [0.1, 0.15) is 44.6 Å². The SMILES string of the molecule is CCCOCCC(=O)Nc1ccc(C(C)CC(=O)O)cc1. The van der Waals surface area contributed by atoms with Crippen LogP contribution < -0.4 is 5.32 Å². The van der Waals surface area contributed by atoms with E-state index in [4.69, 9.17) is 9.84 Å². The van der Waals surface area contributed by atoms with Crippen LogP contribution in [-0.4, -0.2) is 30.2 Å². The minimum absolute atomic E-state index is 0.0466. The Morgan fingerprint density at radius 3 is 2.48 bits per heavy atom. The van der Waals surface area contributed by atoms with E-state index in [1.165, 1.54) is 0 Å². The fraction of sp³-hybridized carbons (Fsp3) is 0.500. The summed E-state index contributed by atoms with van der Waals surface area (Å²) < 4.78 is 5.26. The highest BCUT2D eigenvalue weighted by Crippen LogP contribution is 2.21. The quantitative estimate of drug-likeness (QED) is 0.686. The fourth-order valence-corrected chi connectivity index (χ4v) is 1.91. The van der Waals surface area contributed by atoms with E-state index >= 15 is 0 Å². The number of carboxylic acids is 1. The van der Waals surface area contributed by atoms with Crippen molar-refractivity contribution in [2.75, 3.05) is 18.5 Å². The van der Waals surface area contributed by atoms with Gasteiger partial charge in [0.1, 0.15) is 0 Å². The predicted molar refractivity (Wildman–Crippen MR) is 81.5 cm³/mol. The van der Waals surface area contributed by atoms with E-state index in [0.29, 0.717) is 25.3 Å². The molecule has 0 saturated heterocycles. The zero-order valence-electron chi connectivity index (χ0n) is 12.6. The van der Waals surface area contributed by atoms with Gasteiger partial charge < -0.3 is 15.2 Å². The maximum Gasteiger partial charge on any atom is 0.303 e. The van der Waals surface area contributed by atoms with Crippen LogP contribution in [0.5, 0.6) is 0 Å². The van der Waals surface area contributed by atoms with Crippen LogP contribution in [0.3, 0.4) is 0 Å². The molecule has 5 nitrogen and oxygen atoms in total. The van der Waals surface area contributed by atoms with Gasteiger partial charge in [0.25, 0.3) is 0 Å². The lowest BCUT2D eigenvalue weighted by Crippen LogP contribution is -2.14. The van der Waals surface area contributed by atoms with Gasteiger partial charge in [-0.15, -0.1) is 0 Å². The second-order valence-corrected chi connectivity index (χ2v) is 5.03. The monoisotopic (exact) mass is 293 g/mol. The topological polar surface area (TPSA) is 75.6 Å². The molecule has 0 aliphatic heterocycles. The Morgan fingerprint density at radius 2 is 1.90 bits per heavy atom. The highest BCUT2D eigenvalue weighted by Gasteiger charge is 2.10. The van der Waals surface area contributed by atoms with E-state index in [-0.39, 0.29) is 18.2 Å². The molecule has 0 fully saturated rings. The van der Waals surface area contributed by atoms with Crippen molar-refractivity contribution in [3.63, 3.8) is 0 Å². The molecule has 0 saturated carbocycles. The lowest BCUT2D eigenvalue weighted by atomic mass is 9.98. The first-order valence-corrected chi connectivity index (χ1v) is 7.22. The fourth-order valence-electron chi connectivity index (χ4n) is 1.91. The Labute approximate surface area is 125 Å². The first-order valence-electron chi connectivity index (χ1n) is 7.22. The molecule has 0 heterocycles. The van der Waals surface area contributed by atoms with Crippen LogP contribution in [0.4, 0.5) is 5.69 Å². The summed E-state index contributed by atoms with van der Waals surface area (Å²) in [6.07, 6.45) is 1.37. The summed E-state index contributed by atoms with van der Waals surface area (Å²) in [6.45, 7) is 4.98. The lowest BCUT2D eigenvalue weighted by Gasteiger charge is -2.11. The second kappa shape index (κ2) is 9.13. The number of carbonyl (C=O) groups excluding carboxylic acids is 1. The molecule has 1 amide bonds. The van der Waals surface area contributed by atoms with Crippen LogP contribution in [0, 0.1) is 0 Å². The summed E-state index contributed by atoms with van der Waals surface area (Å²) in [5.74, 6) is -0.945. The molecule has 1 rings (SSSR count). The first kappa shape index (κ1) is 17.2. The van der Waals surface area contributed by atoms with Gasteiger partial charge in [-0.25, -0.2) is 0 Å². The predicted octanol–water partition coefficient (Wildman–Crippen LogP) is 3.02. The number of benzene rings is 1.